The highest BCUT2D eigenvalue weighted by Crippen LogP contribution is 2.63. The van der Waals surface area contributed by atoms with E-state index >= 15 is 0 Å². The molecule has 1 aromatic heterocycles. The molecule has 1 aromatic carbocycles. The molecule has 1 aliphatic carbocycles. The van der Waals surface area contributed by atoms with E-state index in [0.717, 1.165) is 16.7 Å². The molecule has 0 radical (unpaired) electrons. The zero-order valence-electron chi connectivity index (χ0n) is 13.3. The number of ether oxygens (including phenoxy) is 2. The molecule has 1 aliphatic rings. The number of aryl methyl sites for hydroxylation is 1. The summed E-state index contributed by atoms with van der Waals surface area (Å²) in [5, 5.41) is 0.436. The van der Waals surface area contributed by atoms with Crippen molar-refractivity contribution < 1.29 is 14.3 Å². The Kier molecular flexibility index (Phi) is 4.02. The van der Waals surface area contributed by atoms with Crippen LogP contribution in [0, 0.1) is 6.92 Å². The third-order valence-electron chi connectivity index (χ3n) is 4.50. The van der Waals surface area contributed by atoms with Crippen LogP contribution in [0.4, 0.5) is 0 Å². The van der Waals surface area contributed by atoms with Crippen LogP contribution in [0.1, 0.15) is 29.0 Å². The van der Waals surface area contributed by atoms with Gasteiger partial charge in [-0.05, 0) is 31.0 Å². The maximum absolute atomic E-state index is 12.6. The van der Waals surface area contributed by atoms with Crippen molar-refractivity contribution in [2.24, 2.45) is 0 Å². The minimum Gasteiger partial charge on any atom is -0.496 e. The molecule has 4 nitrogen and oxygen atoms in total. The fourth-order valence-corrected chi connectivity index (χ4v) is 3.36. The summed E-state index contributed by atoms with van der Waals surface area (Å²) in [4.78, 5) is 16.7. The molecule has 2 atom stereocenters. The molecule has 0 N–H and O–H groups in total. The minimum absolute atomic E-state index is 0.00965. The zero-order chi connectivity index (χ0) is 16.6. The number of hydrogen-bond acceptors (Lipinski definition) is 4. The van der Waals surface area contributed by atoms with E-state index in [2.05, 4.69) is 4.98 Å². The Morgan fingerprint density at radius 3 is 2.70 bits per heavy atom. The van der Waals surface area contributed by atoms with Gasteiger partial charge in [0.2, 0.25) is 0 Å². The summed E-state index contributed by atoms with van der Waals surface area (Å²) in [5.74, 6) is 0.460. The molecule has 0 aliphatic heterocycles. The van der Waals surface area contributed by atoms with Crippen molar-refractivity contribution >= 4 is 17.6 Å². The van der Waals surface area contributed by atoms with Gasteiger partial charge in [-0.2, -0.15) is 0 Å². The van der Waals surface area contributed by atoms with Gasteiger partial charge in [-0.15, -0.1) is 0 Å². The van der Waals surface area contributed by atoms with Gasteiger partial charge >= 0.3 is 5.97 Å². The number of nitrogens with zero attached hydrogens (tertiary/aromatic N) is 1. The van der Waals surface area contributed by atoms with E-state index in [0.29, 0.717) is 17.3 Å². The van der Waals surface area contributed by atoms with Crippen LogP contribution in [-0.4, -0.2) is 25.2 Å². The monoisotopic (exact) mass is 331 g/mol. The van der Waals surface area contributed by atoms with E-state index < -0.39 is 5.41 Å². The molecule has 1 saturated carbocycles. The third kappa shape index (κ3) is 2.57. The first kappa shape index (κ1) is 15.8. The van der Waals surface area contributed by atoms with Crippen LogP contribution in [0.5, 0.6) is 5.75 Å². The molecule has 3 rings (SSSR count). The van der Waals surface area contributed by atoms with E-state index in [9.17, 15) is 4.79 Å². The largest absolute Gasteiger partial charge is 0.496 e. The number of rotatable bonds is 4. The van der Waals surface area contributed by atoms with Gasteiger partial charge in [-0.25, -0.2) is 4.98 Å². The maximum Gasteiger partial charge on any atom is 0.317 e. The zero-order valence-corrected chi connectivity index (χ0v) is 14.1. The first-order valence-electron chi connectivity index (χ1n) is 7.38. The molecule has 0 bridgehead atoms. The second-order valence-electron chi connectivity index (χ2n) is 5.84. The summed E-state index contributed by atoms with van der Waals surface area (Å²) in [6.45, 7) is 2.00. The van der Waals surface area contributed by atoms with Gasteiger partial charge in [0.25, 0.3) is 0 Å². The van der Waals surface area contributed by atoms with Gasteiger partial charge in [0, 0.05) is 17.7 Å². The lowest BCUT2D eigenvalue weighted by Gasteiger charge is -2.19. The van der Waals surface area contributed by atoms with Gasteiger partial charge < -0.3 is 9.47 Å². The Labute approximate surface area is 140 Å². The summed E-state index contributed by atoms with van der Waals surface area (Å²) in [6.07, 6.45) is 2.39. The highest BCUT2D eigenvalue weighted by Gasteiger charge is 2.64. The fraction of sp³-hybridized carbons (Fsp3) is 0.333. The van der Waals surface area contributed by atoms with Crippen LogP contribution in [0.25, 0.3) is 0 Å². The smallest absolute Gasteiger partial charge is 0.317 e. The maximum atomic E-state index is 12.6. The number of hydrogen-bond donors (Lipinski definition) is 0. The molecule has 0 amide bonds. The number of carbonyl (C=O) groups is 1. The van der Waals surface area contributed by atoms with Gasteiger partial charge in [0.1, 0.15) is 16.3 Å². The highest BCUT2D eigenvalue weighted by molar-refractivity contribution is 6.29. The Morgan fingerprint density at radius 2 is 2.09 bits per heavy atom. The van der Waals surface area contributed by atoms with E-state index in [1.165, 1.54) is 7.11 Å². The molecule has 1 fully saturated rings. The number of benzene rings is 1. The number of carbonyl (C=O) groups excluding carboxylic acids is 1. The van der Waals surface area contributed by atoms with Crippen molar-refractivity contribution in [2.75, 3.05) is 14.2 Å². The SMILES string of the molecule is COC(=O)[C@]1(c2cc(C)ccc2OC)C[C@H]1c1ccc(Cl)nc1. The van der Waals surface area contributed by atoms with Crippen molar-refractivity contribution in [1.82, 2.24) is 4.98 Å². The number of aromatic nitrogens is 1. The van der Waals surface area contributed by atoms with Crippen molar-refractivity contribution in [3.8, 4) is 5.75 Å². The normalized spacial score (nSPS) is 22.5. The number of methoxy groups -OCH3 is 2. The van der Waals surface area contributed by atoms with Crippen LogP contribution >= 0.6 is 11.6 Å². The summed E-state index contributed by atoms with van der Waals surface area (Å²) in [6, 6.07) is 9.51. The first-order valence-corrected chi connectivity index (χ1v) is 7.75. The van der Waals surface area contributed by atoms with Gasteiger partial charge in [0.05, 0.1) is 14.2 Å². The fourth-order valence-electron chi connectivity index (χ4n) is 3.24. The molecule has 120 valence electrons. The molecule has 2 aromatic rings. The standard InChI is InChI=1S/C18H18ClNO3/c1-11-4-6-15(22-2)13(8-11)18(17(21)23-3)9-14(18)12-5-7-16(19)20-10-12/h4-8,10,14H,9H2,1-3H3/t14-,18-/m0/s1. The molecule has 0 saturated heterocycles. The molecular weight excluding hydrogens is 314 g/mol. The summed E-state index contributed by atoms with van der Waals surface area (Å²) in [7, 11) is 3.03. The third-order valence-corrected chi connectivity index (χ3v) is 4.72. The van der Waals surface area contributed by atoms with E-state index in [4.69, 9.17) is 21.1 Å². The lowest BCUT2D eigenvalue weighted by Crippen LogP contribution is -2.25. The van der Waals surface area contributed by atoms with Gasteiger partial charge in [-0.3, -0.25) is 4.79 Å². The molecule has 0 spiro atoms. The number of halogens is 1. The van der Waals surface area contributed by atoms with Crippen molar-refractivity contribution in [2.45, 2.75) is 24.7 Å². The molecule has 1 heterocycles. The topological polar surface area (TPSA) is 48.4 Å². The summed E-state index contributed by atoms with van der Waals surface area (Å²) < 4.78 is 10.6. The van der Waals surface area contributed by atoms with E-state index in [-0.39, 0.29) is 11.9 Å². The average molecular weight is 332 g/mol. The molecule has 0 unspecified atom stereocenters. The second kappa shape index (κ2) is 5.85. The van der Waals surface area contributed by atoms with Crippen LogP contribution in [0.2, 0.25) is 5.15 Å². The molecule has 5 heteroatoms. The van der Waals surface area contributed by atoms with Crippen molar-refractivity contribution in [3.05, 3.63) is 58.4 Å². The van der Waals surface area contributed by atoms with Gasteiger partial charge in [0.15, 0.2) is 0 Å². The predicted molar refractivity (Wildman–Crippen MR) is 88.0 cm³/mol. The predicted octanol–water partition coefficient (Wildman–Crippen LogP) is 3.65. The van der Waals surface area contributed by atoms with Crippen molar-refractivity contribution in [1.29, 1.82) is 0 Å². The minimum atomic E-state index is -0.721. The average Bonchev–Trinajstić information content (AvgIpc) is 3.31. The Morgan fingerprint density at radius 1 is 1.30 bits per heavy atom. The summed E-state index contributed by atoms with van der Waals surface area (Å²) in [5.41, 5.74) is 2.20. The van der Waals surface area contributed by atoms with E-state index in [1.54, 1.807) is 19.4 Å². The number of pyridine rings is 1. The second-order valence-corrected chi connectivity index (χ2v) is 6.22. The quantitative estimate of drug-likeness (QED) is 0.634. The van der Waals surface area contributed by atoms with E-state index in [1.807, 2.05) is 31.2 Å². The van der Waals surface area contributed by atoms with Gasteiger partial charge in [-0.1, -0.05) is 35.4 Å². The molecular formula is C18H18ClNO3. The number of esters is 1. The van der Waals surface area contributed by atoms with Crippen molar-refractivity contribution in [3.63, 3.8) is 0 Å². The van der Waals surface area contributed by atoms with Crippen LogP contribution in [-0.2, 0) is 14.9 Å². The van der Waals surface area contributed by atoms with Crippen LogP contribution < -0.4 is 4.74 Å². The Bertz CT molecular complexity index is 744. The van der Waals surface area contributed by atoms with Crippen LogP contribution in [0.15, 0.2) is 36.5 Å². The Hall–Kier alpha value is -2.07. The lowest BCUT2D eigenvalue weighted by molar-refractivity contribution is -0.143. The van der Waals surface area contributed by atoms with Crippen LogP contribution in [0.3, 0.4) is 0 Å². The lowest BCUT2D eigenvalue weighted by atomic mass is 9.89. The highest BCUT2D eigenvalue weighted by atomic mass is 35.5. The first-order chi connectivity index (χ1) is 11.0. The summed E-state index contributed by atoms with van der Waals surface area (Å²) >= 11 is 5.86. The molecule has 23 heavy (non-hydrogen) atoms. The Balaban J connectivity index is 2.09.